The van der Waals surface area contributed by atoms with Crippen molar-refractivity contribution in [1.82, 2.24) is 4.98 Å². The molecule has 1 aromatic heterocycles. The zero-order valence-electron chi connectivity index (χ0n) is 7.54. The minimum Gasteiger partial charge on any atom is -0.264 e. The van der Waals surface area contributed by atoms with Gasteiger partial charge in [0.05, 0.1) is 7.05 Å². The minimum atomic E-state index is 0.956. The summed E-state index contributed by atoms with van der Waals surface area (Å²) in [6.07, 6.45) is 11.6. The van der Waals surface area contributed by atoms with Crippen LogP contribution in [-0.4, -0.2) is 29.5 Å². The average molecular weight is 176 g/mol. The number of hydrogen-bond donors (Lipinski definition) is 0. The van der Waals surface area contributed by atoms with Gasteiger partial charge in [-0.05, 0) is 0 Å². The lowest BCUT2D eigenvalue weighted by Crippen LogP contribution is -2.55. The number of likely N-dealkylation sites (N-methyl/N-ethyl adjacent to an activating group) is 1. The van der Waals surface area contributed by atoms with Crippen LogP contribution in [0.5, 0.6) is 0 Å². The number of rotatable bonds is 1. The van der Waals surface area contributed by atoms with E-state index in [2.05, 4.69) is 15.6 Å². The first kappa shape index (κ1) is 7.91. The fourth-order valence-corrected chi connectivity index (χ4v) is 1.20. The third-order valence-electron chi connectivity index (χ3n) is 1.83. The molecule has 0 unspecified atom stereocenters. The van der Waals surface area contributed by atoms with Crippen molar-refractivity contribution in [2.24, 2.45) is 0 Å². The van der Waals surface area contributed by atoms with Gasteiger partial charge < -0.3 is 0 Å². The molecule has 13 heavy (non-hydrogen) atoms. The SMILES string of the molecule is C[N+]1=CN([n+]2cccnc2)C=CC1. The van der Waals surface area contributed by atoms with Crippen LogP contribution in [0, 0.1) is 0 Å². The fraction of sp³-hybridized carbons (Fsp3) is 0.222. The topological polar surface area (TPSA) is 23.0 Å². The summed E-state index contributed by atoms with van der Waals surface area (Å²) in [4.78, 5) is 4.03. The van der Waals surface area contributed by atoms with Gasteiger partial charge in [0, 0.05) is 12.1 Å². The summed E-state index contributed by atoms with van der Waals surface area (Å²) in [5.41, 5.74) is 0. The van der Waals surface area contributed by atoms with Crippen molar-refractivity contribution in [2.45, 2.75) is 0 Å². The van der Waals surface area contributed by atoms with Gasteiger partial charge in [0.15, 0.2) is 0 Å². The number of aromatic nitrogens is 2. The molecule has 0 aromatic carbocycles. The van der Waals surface area contributed by atoms with Crippen molar-refractivity contribution in [2.75, 3.05) is 18.6 Å². The van der Waals surface area contributed by atoms with E-state index in [1.807, 2.05) is 41.5 Å². The molecule has 66 valence electrons. The number of nitrogens with zero attached hydrogens (tertiary/aromatic N) is 4. The molecule has 0 fully saturated rings. The van der Waals surface area contributed by atoms with E-state index in [0.717, 1.165) is 6.54 Å². The lowest BCUT2D eigenvalue weighted by atomic mass is 10.5. The van der Waals surface area contributed by atoms with Crippen molar-refractivity contribution >= 4 is 6.34 Å². The third-order valence-corrected chi connectivity index (χ3v) is 1.83. The van der Waals surface area contributed by atoms with Crippen LogP contribution in [0.2, 0.25) is 0 Å². The lowest BCUT2D eigenvalue weighted by molar-refractivity contribution is -0.682. The van der Waals surface area contributed by atoms with Gasteiger partial charge in [-0.2, -0.15) is 0 Å². The van der Waals surface area contributed by atoms with E-state index < -0.39 is 0 Å². The highest BCUT2D eigenvalue weighted by atomic mass is 15.5. The van der Waals surface area contributed by atoms with E-state index >= 15 is 0 Å². The zero-order chi connectivity index (χ0) is 9.10. The van der Waals surface area contributed by atoms with Crippen LogP contribution in [0.4, 0.5) is 0 Å². The molecule has 1 aromatic rings. The van der Waals surface area contributed by atoms with E-state index in [0.29, 0.717) is 0 Å². The molecular formula is C9H12N4+2. The second kappa shape index (κ2) is 3.35. The summed E-state index contributed by atoms with van der Waals surface area (Å²) in [6.45, 7) is 0.956. The summed E-state index contributed by atoms with van der Waals surface area (Å²) in [6, 6.07) is 1.90. The fourth-order valence-electron chi connectivity index (χ4n) is 1.20. The van der Waals surface area contributed by atoms with Gasteiger partial charge in [-0.15, -0.1) is 0 Å². The van der Waals surface area contributed by atoms with Crippen LogP contribution in [0.1, 0.15) is 0 Å². The minimum absolute atomic E-state index is 0.956. The largest absolute Gasteiger partial charge is 0.326 e. The van der Waals surface area contributed by atoms with Gasteiger partial charge in [-0.1, -0.05) is 14.7 Å². The highest BCUT2D eigenvalue weighted by Crippen LogP contribution is 1.85. The van der Waals surface area contributed by atoms with E-state index in [1.54, 1.807) is 12.5 Å². The molecule has 0 atom stereocenters. The molecule has 4 nitrogen and oxygen atoms in total. The molecule has 0 saturated heterocycles. The van der Waals surface area contributed by atoms with E-state index in [9.17, 15) is 0 Å². The Morgan fingerprint density at radius 2 is 2.38 bits per heavy atom. The Morgan fingerprint density at radius 3 is 3.08 bits per heavy atom. The summed E-state index contributed by atoms with van der Waals surface area (Å²) < 4.78 is 4.01. The monoisotopic (exact) mass is 176 g/mol. The van der Waals surface area contributed by atoms with Crippen molar-refractivity contribution in [3.05, 3.63) is 37.1 Å². The molecule has 1 aliphatic rings. The lowest BCUT2D eigenvalue weighted by Gasteiger charge is -2.08. The highest BCUT2D eigenvalue weighted by Gasteiger charge is 2.14. The third kappa shape index (κ3) is 1.72. The molecule has 0 saturated carbocycles. The molecule has 0 aliphatic carbocycles. The van der Waals surface area contributed by atoms with Gasteiger partial charge in [-0.3, -0.25) is 4.58 Å². The Balaban J connectivity index is 2.27. The van der Waals surface area contributed by atoms with E-state index in [-0.39, 0.29) is 0 Å². The van der Waals surface area contributed by atoms with Crippen LogP contribution in [-0.2, 0) is 0 Å². The van der Waals surface area contributed by atoms with Gasteiger partial charge >= 0.3 is 6.33 Å². The maximum Gasteiger partial charge on any atom is 0.326 e. The first-order valence-corrected chi connectivity index (χ1v) is 4.18. The summed E-state index contributed by atoms with van der Waals surface area (Å²) in [5.74, 6) is 0. The normalized spacial score (nSPS) is 15.8. The Hall–Kier alpha value is -1.71. The van der Waals surface area contributed by atoms with Gasteiger partial charge in [0.25, 0.3) is 6.34 Å². The highest BCUT2D eigenvalue weighted by molar-refractivity contribution is 5.62. The molecule has 2 rings (SSSR count). The second-order valence-electron chi connectivity index (χ2n) is 2.95. The van der Waals surface area contributed by atoms with Gasteiger partial charge in [0.2, 0.25) is 0 Å². The molecule has 0 spiro atoms. The van der Waals surface area contributed by atoms with Gasteiger partial charge in [0.1, 0.15) is 25.1 Å². The van der Waals surface area contributed by atoms with Crippen molar-refractivity contribution in [1.29, 1.82) is 0 Å². The molecule has 4 heteroatoms. The summed E-state index contributed by atoms with van der Waals surface area (Å²) >= 11 is 0. The first-order chi connectivity index (χ1) is 6.36. The molecule has 1 aliphatic heterocycles. The average Bonchev–Trinajstić information content (AvgIpc) is 2.19. The molecule has 0 N–H and O–H groups in total. The van der Waals surface area contributed by atoms with Crippen LogP contribution in [0.15, 0.2) is 37.1 Å². The van der Waals surface area contributed by atoms with E-state index in [1.165, 1.54) is 0 Å². The van der Waals surface area contributed by atoms with Crippen molar-refractivity contribution in [3.63, 3.8) is 0 Å². The quantitative estimate of drug-likeness (QED) is 0.539. The Bertz CT molecular complexity index is 342. The Kier molecular flexibility index (Phi) is 2.04. The molecular weight excluding hydrogens is 164 g/mol. The Morgan fingerprint density at radius 1 is 1.46 bits per heavy atom. The van der Waals surface area contributed by atoms with Crippen LogP contribution in [0.25, 0.3) is 0 Å². The maximum absolute atomic E-state index is 4.03. The van der Waals surface area contributed by atoms with Crippen molar-refractivity contribution < 1.29 is 9.25 Å². The molecule has 0 amide bonds. The Labute approximate surface area is 77.0 Å². The van der Waals surface area contributed by atoms with Crippen molar-refractivity contribution in [3.8, 4) is 0 Å². The zero-order valence-corrected chi connectivity index (χ0v) is 7.54. The summed E-state index contributed by atoms with van der Waals surface area (Å²) in [5, 5.41) is 1.97. The number of hydrogen-bond acceptors (Lipinski definition) is 2. The van der Waals surface area contributed by atoms with Crippen LogP contribution in [0.3, 0.4) is 0 Å². The molecule has 0 radical (unpaired) electrons. The first-order valence-electron chi connectivity index (χ1n) is 4.18. The maximum atomic E-state index is 4.03. The standard InChI is InChI=1S/C9H12N4/c1-11-5-3-7-13(9-11)12-6-2-4-10-8-12/h2-4,6-9H,5H2,1H3/q+2. The predicted molar refractivity (Wildman–Crippen MR) is 48.9 cm³/mol. The predicted octanol–water partition coefficient (Wildman–Crippen LogP) is -0.495. The second-order valence-corrected chi connectivity index (χ2v) is 2.95. The molecule has 0 bridgehead atoms. The summed E-state index contributed by atoms with van der Waals surface area (Å²) in [7, 11) is 2.04. The van der Waals surface area contributed by atoms with Crippen LogP contribution < -0.4 is 9.69 Å². The van der Waals surface area contributed by atoms with E-state index in [4.69, 9.17) is 0 Å². The smallest absolute Gasteiger partial charge is 0.264 e. The molecule has 2 heterocycles. The van der Waals surface area contributed by atoms with Gasteiger partial charge in [-0.25, -0.2) is 0 Å². The van der Waals surface area contributed by atoms with Crippen LogP contribution >= 0.6 is 0 Å².